The lowest BCUT2D eigenvalue weighted by Gasteiger charge is -2.33. The zero-order chi connectivity index (χ0) is 18.4. The lowest BCUT2D eigenvalue weighted by Crippen LogP contribution is -2.45. The van der Waals surface area contributed by atoms with E-state index in [1.54, 1.807) is 13.3 Å². The lowest BCUT2D eigenvalue weighted by molar-refractivity contribution is -0.0246. The highest BCUT2D eigenvalue weighted by atomic mass is 16.5. The molecule has 0 unspecified atom stereocenters. The number of amides is 1. The van der Waals surface area contributed by atoms with Crippen LogP contribution in [0.1, 0.15) is 27.9 Å². The fourth-order valence-corrected chi connectivity index (χ4v) is 3.15. The lowest BCUT2D eigenvalue weighted by atomic mass is 10.1. The standard InChI is InChI=1S/C20H25N3O3/c1-25-14-16-2-5-17(6-3-16)20(24)23-10-11-26-18(13-23)7-4-15-8-9-22-19(21)12-15/h2-3,5-6,8-9,12,18H,4,7,10-11,13-14H2,1H3,(H2,21,22)/t18-/m1/s1. The molecule has 1 aliphatic heterocycles. The monoisotopic (exact) mass is 355 g/mol. The minimum atomic E-state index is 0.0369. The van der Waals surface area contributed by atoms with Crippen LogP contribution in [0.5, 0.6) is 0 Å². The summed E-state index contributed by atoms with van der Waals surface area (Å²) < 4.78 is 10.9. The van der Waals surface area contributed by atoms with Gasteiger partial charge in [-0.15, -0.1) is 0 Å². The molecular formula is C20H25N3O3. The summed E-state index contributed by atoms with van der Waals surface area (Å²) in [6, 6.07) is 11.4. The van der Waals surface area contributed by atoms with Gasteiger partial charge < -0.3 is 20.1 Å². The predicted molar refractivity (Wildman–Crippen MR) is 99.8 cm³/mol. The summed E-state index contributed by atoms with van der Waals surface area (Å²) in [6.07, 6.45) is 3.45. The van der Waals surface area contributed by atoms with Gasteiger partial charge in [0.1, 0.15) is 5.82 Å². The zero-order valence-corrected chi connectivity index (χ0v) is 15.1. The van der Waals surface area contributed by atoms with Crippen LogP contribution < -0.4 is 5.73 Å². The molecule has 2 N–H and O–H groups in total. The Morgan fingerprint density at radius 1 is 1.31 bits per heavy atom. The SMILES string of the molecule is COCc1ccc(C(=O)N2CCO[C@H](CCc3ccnc(N)c3)C2)cc1. The number of aryl methyl sites for hydroxylation is 1. The number of pyridine rings is 1. The van der Waals surface area contributed by atoms with Crippen molar-refractivity contribution in [1.29, 1.82) is 0 Å². The first-order chi connectivity index (χ1) is 12.7. The van der Waals surface area contributed by atoms with Gasteiger partial charge in [-0.2, -0.15) is 0 Å². The second-order valence-corrected chi connectivity index (χ2v) is 6.50. The summed E-state index contributed by atoms with van der Waals surface area (Å²) in [5.74, 6) is 0.580. The van der Waals surface area contributed by atoms with E-state index >= 15 is 0 Å². The summed E-state index contributed by atoms with van der Waals surface area (Å²) in [6.45, 7) is 2.35. The first-order valence-corrected chi connectivity index (χ1v) is 8.85. The molecule has 0 aliphatic carbocycles. The molecule has 1 atom stereocenters. The van der Waals surface area contributed by atoms with Crippen LogP contribution in [-0.4, -0.2) is 48.7 Å². The molecule has 6 heteroatoms. The summed E-state index contributed by atoms with van der Waals surface area (Å²) >= 11 is 0. The Morgan fingerprint density at radius 3 is 2.85 bits per heavy atom. The van der Waals surface area contributed by atoms with Crippen molar-refractivity contribution in [2.45, 2.75) is 25.6 Å². The van der Waals surface area contributed by atoms with Crippen LogP contribution in [0.3, 0.4) is 0 Å². The minimum absolute atomic E-state index is 0.0369. The largest absolute Gasteiger partial charge is 0.384 e. The maximum absolute atomic E-state index is 12.7. The van der Waals surface area contributed by atoms with Crippen molar-refractivity contribution < 1.29 is 14.3 Å². The van der Waals surface area contributed by atoms with Gasteiger partial charge >= 0.3 is 0 Å². The number of hydrogen-bond donors (Lipinski definition) is 1. The van der Waals surface area contributed by atoms with Crippen molar-refractivity contribution in [3.63, 3.8) is 0 Å². The van der Waals surface area contributed by atoms with E-state index in [-0.39, 0.29) is 12.0 Å². The summed E-state index contributed by atoms with van der Waals surface area (Å²) in [7, 11) is 1.66. The van der Waals surface area contributed by atoms with Gasteiger partial charge in [0.15, 0.2) is 0 Å². The number of morpholine rings is 1. The van der Waals surface area contributed by atoms with Gasteiger partial charge in [0.05, 0.1) is 19.3 Å². The first-order valence-electron chi connectivity index (χ1n) is 8.85. The van der Waals surface area contributed by atoms with Gasteiger partial charge in [-0.1, -0.05) is 12.1 Å². The van der Waals surface area contributed by atoms with E-state index in [0.717, 1.165) is 24.0 Å². The maximum atomic E-state index is 12.7. The molecule has 0 radical (unpaired) electrons. The Balaban J connectivity index is 1.56. The number of hydrogen-bond acceptors (Lipinski definition) is 5. The van der Waals surface area contributed by atoms with Crippen molar-refractivity contribution >= 4 is 11.7 Å². The molecular weight excluding hydrogens is 330 g/mol. The fourth-order valence-electron chi connectivity index (χ4n) is 3.15. The zero-order valence-electron chi connectivity index (χ0n) is 15.1. The van der Waals surface area contributed by atoms with Gasteiger partial charge in [-0.05, 0) is 48.2 Å². The number of nitrogen functional groups attached to an aromatic ring is 1. The van der Waals surface area contributed by atoms with Crippen molar-refractivity contribution in [2.75, 3.05) is 32.5 Å². The van der Waals surface area contributed by atoms with Crippen LogP contribution in [0.4, 0.5) is 5.82 Å². The third-order valence-electron chi connectivity index (χ3n) is 4.54. The van der Waals surface area contributed by atoms with Crippen molar-refractivity contribution in [1.82, 2.24) is 9.88 Å². The molecule has 6 nitrogen and oxygen atoms in total. The second-order valence-electron chi connectivity index (χ2n) is 6.50. The number of methoxy groups -OCH3 is 1. The Kier molecular flexibility index (Phi) is 6.20. The average Bonchev–Trinajstić information content (AvgIpc) is 2.67. The van der Waals surface area contributed by atoms with Crippen molar-refractivity contribution in [3.8, 4) is 0 Å². The Labute approximate surface area is 153 Å². The number of ether oxygens (including phenoxy) is 2. The second kappa shape index (κ2) is 8.78. The number of carbonyl (C=O) groups excluding carboxylic acids is 1. The van der Waals surface area contributed by atoms with Gasteiger partial charge in [0.25, 0.3) is 5.91 Å². The van der Waals surface area contributed by atoms with Crippen LogP contribution in [0.2, 0.25) is 0 Å². The topological polar surface area (TPSA) is 77.7 Å². The number of nitrogens with zero attached hydrogens (tertiary/aromatic N) is 2. The molecule has 0 spiro atoms. The van der Waals surface area contributed by atoms with E-state index < -0.39 is 0 Å². The molecule has 1 aromatic carbocycles. The molecule has 1 amide bonds. The van der Waals surface area contributed by atoms with Crippen LogP contribution >= 0.6 is 0 Å². The van der Waals surface area contributed by atoms with E-state index in [1.807, 2.05) is 41.3 Å². The van der Waals surface area contributed by atoms with E-state index in [4.69, 9.17) is 15.2 Å². The third kappa shape index (κ3) is 4.80. The Bertz CT molecular complexity index is 733. The Hall–Kier alpha value is -2.44. The van der Waals surface area contributed by atoms with Crippen LogP contribution in [0.15, 0.2) is 42.6 Å². The van der Waals surface area contributed by atoms with Crippen LogP contribution in [0.25, 0.3) is 0 Å². The minimum Gasteiger partial charge on any atom is -0.384 e. The van der Waals surface area contributed by atoms with Gasteiger partial charge in [0.2, 0.25) is 0 Å². The number of carbonyl (C=O) groups is 1. The molecule has 138 valence electrons. The summed E-state index contributed by atoms with van der Waals surface area (Å²) in [4.78, 5) is 18.6. The van der Waals surface area contributed by atoms with Crippen LogP contribution in [-0.2, 0) is 22.5 Å². The van der Waals surface area contributed by atoms with Gasteiger partial charge in [-0.25, -0.2) is 4.98 Å². The number of nitrogens with two attached hydrogens (primary N) is 1. The molecule has 1 aliphatic rings. The molecule has 2 aromatic rings. The predicted octanol–water partition coefficient (Wildman–Crippen LogP) is 2.28. The smallest absolute Gasteiger partial charge is 0.254 e. The number of anilines is 1. The summed E-state index contributed by atoms with van der Waals surface area (Å²) in [5.41, 5.74) is 8.61. The average molecular weight is 355 g/mol. The van der Waals surface area contributed by atoms with Crippen molar-refractivity contribution in [3.05, 3.63) is 59.3 Å². The third-order valence-corrected chi connectivity index (χ3v) is 4.54. The van der Waals surface area contributed by atoms with E-state index in [2.05, 4.69) is 4.98 Å². The Morgan fingerprint density at radius 2 is 2.12 bits per heavy atom. The molecule has 1 aromatic heterocycles. The van der Waals surface area contributed by atoms with E-state index in [0.29, 0.717) is 37.7 Å². The van der Waals surface area contributed by atoms with Crippen LogP contribution in [0, 0.1) is 0 Å². The molecule has 2 heterocycles. The molecule has 0 saturated carbocycles. The number of aromatic nitrogens is 1. The van der Waals surface area contributed by atoms with E-state index in [1.165, 1.54) is 0 Å². The molecule has 1 fully saturated rings. The highest BCUT2D eigenvalue weighted by molar-refractivity contribution is 5.94. The number of benzene rings is 1. The maximum Gasteiger partial charge on any atom is 0.254 e. The molecule has 3 rings (SSSR count). The quantitative estimate of drug-likeness (QED) is 0.860. The molecule has 0 bridgehead atoms. The molecule has 1 saturated heterocycles. The number of rotatable bonds is 6. The van der Waals surface area contributed by atoms with Gasteiger partial charge in [-0.3, -0.25) is 4.79 Å². The normalized spacial score (nSPS) is 17.3. The molecule has 26 heavy (non-hydrogen) atoms. The van der Waals surface area contributed by atoms with Crippen molar-refractivity contribution in [2.24, 2.45) is 0 Å². The first kappa shape index (κ1) is 18.4. The fraction of sp³-hybridized carbons (Fsp3) is 0.400. The highest BCUT2D eigenvalue weighted by Crippen LogP contribution is 2.16. The van der Waals surface area contributed by atoms with Gasteiger partial charge in [0, 0.05) is 32.0 Å². The summed E-state index contributed by atoms with van der Waals surface area (Å²) in [5, 5.41) is 0. The highest BCUT2D eigenvalue weighted by Gasteiger charge is 2.24. The van der Waals surface area contributed by atoms with E-state index in [9.17, 15) is 4.79 Å².